The third-order valence-corrected chi connectivity index (χ3v) is 4.37. The summed E-state index contributed by atoms with van der Waals surface area (Å²) in [5.74, 6) is 1.94. The van der Waals surface area contributed by atoms with Crippen LogP contribution >= 0.6 is 23.7 Å². The number of morpholine rings is 1. The maximum Gasteiger partial charge on any atom is 0.141 e. The quantitative estimate of drug-likeness (QED) is 0.855. The fourth-order valence-corrected chi connectivity index (χ4v) is 3.26. The first-order valence-corrected chi connectivity index (χ1v) is 7.19. The van der Waals surface area contributed by atoms with Crippen LogP contribution in [0.5, 0.6) is 0 Å². The smallest absolute Gasteiger partial charge is 0.141 e. The van der Waals surface area contributed by atoms with Crippen molar-refractivity contribution in [3.05, 3.63) is 16.8 Å². The number of fused-ring (bicyclic) bond motifs is 1. The van der Waals surface area contributed by atoms with Crippen molar-refractivity contribution >= 4 is 39.8 Å². The molecule has 0 amide bonds. The summed E-state index contributed by atoms with van der Waals surface area (Å²) in [6, 6.07) is 2.24. The van der Waals surface area contributed by atoms with Gasteiger partial charge in [-0.25, -0.2) is 9.97 Å². The van der Waals surface area contributed by atoms with Gasteiger partial charge in [-0.3, -0.25) is 0 Å². The molecule has 6 heteroatoms. The number of anilines is 1. The topological polar surface area (TPSA) is 38.2 Å². The van der Waals surface area contributed by atoms with Gasteiger partial charge in [0.1, 0.15) is 16.5 Å². The van der Waals surface area contributed by atoms with Crippen LogP contribution in [0.1, 0.15) is 17.6 Å². The number of nitrogens with zero attached hydrogens (tertiary/aromatic N) is 3. The zero-order valence-corrected chi connectivity index (χ0v) is 12.8. The number of aromatic nitrogens is 2. The lowest BCUT2D eigenvalue weighted by atomic mass is 10.2. The van der Waals surface area contributed by atoms with Crippen LogP contribution in [0.25, 0.3) is 10.2 Å². The Morgan fingerprint density at radius 2 is 2.05 bits per heavy atom. The predicted molar refractivity (Wildman–Crippen MR) is 81.8 cm³/mol. The molecule has 2 aromatic rings. The third kappa shape index (κ3) is 2.83. The molecule has 0 aromatic carbocycles. The number of halogens is 1. The number of hydrogen-bond acceptors (Lipinski definition) is 5. The minimum absolute atomic E-state index is 0. The fraction of sp³-hybridized carbons (Fsp3) is 0.538. The van der Waals surface area contributed by atoms with Crippen molar-refractivity contribution in [1.82, 2.24) is 9.97 Å². The Hall–Kier alpha value is -0.910. The van der Waals surface area contributed by atoms with Crippen LogP contribution in [0.2, 0.25) is 0 Å². The van der Waals surface area contributed by atoms with Crippen LogP contribution in [0.3, 0.4) is 0 Å². The summed E-state index contributed by atoms with van der Waals surface area (Å²) >= 11 is 1.78. The molecule has 3 heterocycles. The van der Waals surface area contributed by atoms with E-state index in [0.29, 0.717) is 0 Å². The number of thiophene rings is 1. The predicted octanol–water partition coefficient (Wildman–Crippen LogP) is 2.82. The minimum Gasteiger partial charge on any atom is -0.378 e. The summed E-state index contributed by atoms with van der Waals surface area (Å²) in [7, 11) is 0. The van der Waals surface area contributed by atoms with Gasteiger partial charge in [0.2, 0.25) is 0 Å². The lowest BCUT2D eigenvalue weighted by Gasteiger charge is -2.28. The van der Waals surface area contributed by atoms with Crippen molar-refractivity contribution in [2.75, 3.05) is 31.2 Å². The molecule has 0 atom stereocenters. The molecule has 0 aliphatic carbocycles. The molecule has 0 spiro atoms. The minimum atomic E-state index is 0. The second-order valence-corrected chi connectivity index (χ2v) is 5.59. The molecule has 0 bridgehead atoms. The highest BCUT2D eigenvalue weighted by atomic mass is 35.5. The molecule has 1 aliphatic heterocycles. The molecule has 4 nitrogen and oxygen atoms in total. The zero-order chi connectivity index (χ0) is 12.5. The highest BCUT2D eigenvalue weighted by molar-refractivity contribution is 7.18. The van der Waals surface area contributed by atoms with Crippen molar-refractivity contribution in [2.45, 2.75) is 20.3 Å². The normalized spacial score (nSPS) is 15.6. The van der Waals surface area contributed by atoms with Gasteiger partial charge in [-0.15, -0.1) is 23.7 Å². The Labute approximate surface area is 123 Å². The van der Waals surface area contributed by atoms with Gasteiger partial charge in [0.15, 0.2) is 0 Å². The van der Waals surface area contributed by atoms with E-state index in [1.54, 1.807) is 11.3 Å². The molecular weight excluding hydrogens is 282 g/mol. The molecule has 1 fully saturated rings. The van der Waals surface area contributed by atoms with E-state index in [4.69, 9.17) is 4.74 Å². The Bertz CT molecular complexity index is 566. The first-order chi connectivity index (χ1) is 8.78. The maximum atomic E-state index is 5.41. The van der Waals surface area contributed by atoms with Crippen LogP contribution in [0.4, 0.5) is 5.82 Å². The first-order valence-electron chi connectivity index (χ1n) is 6.37. The monoisotopic (exact) mass is 299 g/mol. The number of aryl methyl sites for hydroxylation is 2. The Morgan fingerprint density at radius 1 is 1.32 bits per heavy atom. The largest absolute Gasteiger partial charge is 0.378 e. The van der Waals surface area contributed by atoms with Gasteiger partial charge in [-0.1, -0.05) is 6.92 Å². The molecule has 0 radical (unpaired) electrons. The van der Waals surface area contributed by atoms with Crippen molar-refractivity contribution in [1.29, 1.82) is 0 Å². The number of ether oxygens (including phenoxy) is 1. The molecule has 3 rings (SSSR count). The van der Waals surface area contributed by atoms with Crippen LogP contribution in [0, 0.1) is 6.92 Å². The molecule has 0 saturated carbocycles. The Morgan fingerprint density at radius 3 is 2.74 bits per heavy atom. The molecular formula is C13H18ClN3OS. The molecule has 1 aliphatic rings. The Kier molecular flexibility index (Phi) is 4.60. The van der Waals surface area contributed by atoms with E-state index < -0.39 is 0 Å². The van der Waals surface area contributed by atoms with E-state index in [2.05, 4.69) is 27.9 Å². The van der Waals surface area contributed by atoms with Gasteiger partial charge in [0.25, 0.3) is 0 Å². The van der Waals surface area contributed by atoms with E-state index >= 15 is 0 Å². The van der Waals surface area contributed by atoms with E-state index in [1.807, 2.05) is 6.92 Å². The second kappa shape index (κ2) is 6.03. The standard InChI is InChI=1S/C13H17N3OS.ClH/c1-3-10-8-11-12(16-4-6-17-7-5-16)14-9(2)15-13(11)18-10;/h8H,3-7H2,1-2H3;1H. The highest BCUT2D eigenvalue weighted by Gasteiger charge is 2.18. The third-order valence-electron chi connectivity index (χ3n) is 3.19. The summed E-state index contributed by atoms with van der Waals surface area (Å²) in [5.41, 5.74) is 0. The summed E-state index contributed by atoms with van der Waals surface area (Å²) < 4.78 is 5.41. The molecule has 104 valence electrons. The molecule has 2 aromatic heterocycles. The maximum absolute atomic E-state index is 5.41. The van der Waals surface area contributed by atoms with Crippen molar-refractivity contribution in [2.24, 2.45) is 0 Å². The van der Waals surface area contributed by atoms with Gasteiger partial charge in [0.05, 0.1) is 18.6 Å². The lowest BCUT2D eigenvalue weighted by molar-refractivity contribution is 0.122. The molecule has 19 heavy (non-hydrogen) atoms. The summed E-state index contributed by atoms with van der Waals surface area (Å²) in [6.07, 6.45) is 1.06. The van der Waals surface area contributed by atoms with Crippen LogP contribution in [-0.4, -0.2) is 36.3 Å². The van der Waals surface area contributed by atoms with E-state index in [-0.39, 0.29) is 12.4 Å². The zero-order valence-electron chi connectivity index (χ0n) is 11.2. The van der Waals surface area contributed by atoms with E-state index in [9.17, 15) is 0 Å². The number of hydrogen-bond donors (Lipinski definition) is 0. The van der Waals surface area contributed by atoms with Crippen molar-refractivity contribution in [3.63, 3.8) is 0 Å². The molecule has 0 N–H and O–H groups in total. The summed E-state index contributed by atoms with van der Waals surface area (Å²) in [4.78, 5) is 14.0. The number of rotatable bonds is 2. The van der Waals surface area contributed by atoms with Crippen LogP contribution < -0.4 is 4.90 Å². The van der Waals surface area contributed by atoms with Gasteiger partial charge >= 0.3 is 0 Å². The first kappa shape index (κ1) is 14.5. The van der Waals surface area contributed by atoms with Crippen molar-refractivity contribution < 1.29 is 4.74 Å². The molecule has 0 unspecified atom stereocenters. The summed E-state index contributed by atoms with van der Waals surface area (Å²) in [5, 5.41) is 1.20. The van der Waals surface area contributed by atoms with Gasteiger partial charge in [0, 0.05) is 18.0 Å². The Balaban J connectivity index is 0.00000133. The average Bonchev–Trinajstić information content (AvgIpc) is 2.81. The van der Waals surface area contributed by atoms with Crippen molar-refractivity contribution in [3.8, 4) is 0 Å². The van der Waals surface area contributed by atoms with E-state index in [0.717, 1.165) is 49.2 Å². The SMILES string of the molecule is CCc1cc2c(N3CCOCC3)nc(C)nc2s1.Cl. The second-order valence-electron chi connectivity index (χ2n) is 4.48. The van der Waals surface area contributed by atoms with Crippen LogP contribution in [-0.2, 0) is 11.2 Å². The fourth-order valence-electron chi connectivity index (χ4n) is 2.25. The van der Waals surface area contributed by atoms with Gasteiger partial charge in [-0.05, 0) is 19.4 Å². The molecule has 1 saturated heterocycles. The van der Waals surface area contributed by atoms with E-state index in [1.165, 1.54) is 10.3 Å². The van der Waals surface area contributed by atoms with Crippen LogP contribution in [0.15, 0.2) is 6.07 Å². The average molecular weight is 300 g/mol. The van der Waals surface area contributed by atoms with Gasteiger partial charge in [-0.2, -0.15) is 0 Å². The summed E-state index contributed by atoms with van der Waals surface area (Å²) in [6.45, 7) is 7.56. The lowest BCUT2D eigenvalue weighted by Crippen LogP contribution is -2.37. The highest BCUT2D eigenvalue weighted by Crippen LogP contribution is 2.31. The van der Waals surface area contributed by atoms with Gasteiger partial charge < -0.3 is 9.64 Å².